The molecular formula is C34H36ClFN6O3S. The normalized spacial score (nSPS) is 26.9. The number of aromatic nitrogens is 5. The Bertz CT molecular complexity index is 1960. The minimum Gasteiger partial charge on any atom is -0.378 e. The van der Waals surface area contributed by atoms with E-state index < -0.39 is 15.1 Å². The van der Waals surface area contributed by atoms with Crippen LogP contribution in [0.15, 0.2) is 71.7 Å². The maximum absolute atomic E-state index is 14.8. The molecule has 1 unspecified atom stereocenters. The quantitative estimate of drug-likeness (QED) is 0.177. The highest BCUT2D eigenvalue weighted by Gasteiger charge is 2.54. The first kappa shape index (κ1) is 31.0. The predicted molar refractivity (Wildman–Crippen MR) is 176 cm³/mol. The third kappa shape index (κ3) is 5.13. The van der Waals surface area contributed by atoms with Crippen molar-refractivity contribution < 1.29 is 18.1 Å². The Hall–Kier alpha value is -3.64. The fourth-order valence-electron chi connectivity index (χ4n) is 7.60. The number of carbonyl (C=O) groups is 1. The van der Waals surface area contributed by atoms with Crippen LogP contribution in [0.25, 0.3) is 11.8 Å². The number of methoxy groups -OCH3 is 1. The molecule has 0 aliphatic heterocycles. The first-order chi connectivity index (χ1) is 21.9. The zero-order valence-electron chi connectivity index (χ0n) is 26.0. The average Bonchev–Trinajstić information content (AvgIpc) is 3.65. The van der Waals surface area contributed by atoms with E-state index in [0.717, 1.165) is 22.5 Å². The van der Waals surface area contributed by atoms with E-state index in [1.165, 1.54) is 12.1 Å². The van der Waals surface area contributed by atoms with Gasteiger partial charge in [0, 0.05) is 43.7 Å². The molecule has 0 N–H and O–H groups in total. The molecule has 12 heteroatoms. The van der Waals surface area contributed by atoms with E-state index in [1.54, 1.807) is 72.4 Å². The maximum Gasteiger partial charge on any atom is 0.191 e. The Morgan fingerprint density at radius 2 is 1.93 bits per heavy atom. The molecular weight excluding hydrogens is 627 g/mol. The molecule has 2 saturated carbocycles. The second-order valence-electron chi connectivity index (χ2n) is 13.0. The molecule has 3 heterocycles. The molecule has 0 saturated heterocycles. The summed E-state index contributed by atoms with van der Waals surface area (Å²) in [5.74, 6) is 3.84. The summed E-state index contributed by atoms with van der Waals surface area (Å²) >= 11 is 6.36. The third-order valence-corrected chi connectivity index (χ3v) is 12.4. The zero-order valence-corrected chi connectivity index (χ0v) is 27.6. The van der Waals surface area contributed by atoms with Gasteiger partial charge < -0.3 is 4.74 Å². The topological polar surface area (TPSA) is 95.1 Å². The second-order valence-corrected chi connectivity index (χ2v) is 15.6. The van der Waals surface area contributed by atoms with E-state index in [4.69, 9.17) is 16.3 Å². The molecule has 0 bridgehead atoms. The number of aryl methyl sites for hydroxylation is 1. The SMILES string of the molecule is C=S(=O)(c1ccn(C)n1)N(C1CC(C)(OC)C1)[C@H]1CCC2=Cc3c(cnn3-c3ccc(F)cc3)C[C@]2(C(=O)c2cc(Cl)ccn2)C1. The number of nitrogens with zero attached hydrogens (tertiary/aromatic N) is 6. The number of hydrogen-bond acceptors (Lipinski definition) is 6. The fourth-order valence-corrected chi connectivity index (χ4v) is 9.80. The number of ketones is 1. The van der Waals surface area contributed by atoms with Crippen molar-refractivity contribution >= 4 is 39.0 Å². The highest BCUT2D eigenvalue weighted by atomic mass is 35.5. The van der Waals surface area contributed by atoms with Crippen molar-refractivity contribution in [3.05, 3.63) is 94.4 Å². The lowest BCUT2D eigenvalue weighted by Gasteiger charge is -2.54. The number of allylic oxidation sites excluding steroid dienone is 1. The standard InChI is InChI=1S/C34H36ClFN6O3S/c1-33(45-3)18-28(19-33)42(46(4,44)31-12-14-40(2)39-31)27-8-5-23-15-30-22(21-38-41(30)26-9-6-25(36)7-10-26)17-34(23,20-27)32(43)29-16-24(35)11-13-37-29/h6-7,9-16,21,27-28H,4-5,8,17-20H2,1-3H3/t27-,28?,33?,34-,46?/m0/s1. The van der Waals surface area contributed by atoms with Gasteiger partial charge in [-0.25, -0.2) is 17.6 Å². The van der Waals surface area contributed by atoms with E-state index >= 15 is 0 Å². The van der Waals surface area contributed by atoms with Crippen LogP contribution in [0.5, 0.6) is 0 Å². The zero-order chi connectivity index (χ0) is 32.4. The Morgan fingerprint density at radius 1 is 1.17 bits per heavy atom. The van der Waals surface area contributed by atoms with Gasteiger partial charge in [-0.2, -0.15) is 10.2 Å². The number of carbonyl (C=O) groups excluding carboxylic acids is 1. The molecule has 4 aromatic rings. The molecule has 7 rings (SSSR count). The van der Waals surface area contributed by atoms with Crippen LogP contribution in [0.3, 0.4) is 0 Å². The fraction of sp³-hybridized carbons (Fsp3) is 0.382. The van der Waals surface area contributed by atoms with Crippen LogP contribution >= 0.6 is 11.6 Å². The average molecular weight is 663 g/mol. The minimum absolute atomic E-state index is 0.0655. The lowest BCUT2D eigenvalue weighted by atomic mass is 9.60. The van der Waals surface area contributed by atoms with Gasteiger partial charge in [-0.15, -0.1) is 0 Å². The van der Waals surface area contributed by atoms with E-state index in [2.05, 4.69) is 34.1 Å². The van der Waals surface area contributed by atoms with E-state index in [-0.39, 0.29) is 35.0 Å². The van der Waals surface area contributed by atoms with Gasteiger partial charge in [-0.3, -0.25) is 14.5 Å². The molecule has 3 aliphatic rings. The second kappa shape index (κ2) is 11.3. The van der Waals surface area contributed by atoms with Crippen LogP contribution < -0.4 is 0 Å². The molecule has 3 atom stereocenters. The van der Waals surface area contributed by atoms with Crippen molar-refractivity contribution in [1.29, 1.82) is 0 Å². The molecule has 3 aliphatic carbocycles. The first-order valence-corrected chi connectivity index (χ1v) is 17.4. The summed E-state index contributed by atoms with van der Waals surface area (Å²) in [7, 11) is 0.475. The van der Waals surface area contributed by atoms with Gasteiger partial charge in [0.05, 0.1) is 38.3 Å². The molecule has 9 nitrogen and oxygen atoms in total. The van der Waals surface area contributed by atoms with Crippen LogP contribution in [0.2, 0.25) is 5.02 Å². The number of rotatable bonds is 8. The summed E-state index contributed by atoms with van der Waals surface area (Å²) in [6.07, 6.45) is 10.6. The van der Waals surface area contributed by atoms with Crippen molar-refractivity contribution in [1.82, 2.24) is 28.9 Å². The number of ether oxygens (including phenoxy) is 1. The predicted octanol–water partition coefficient (Wildman–Crippen LogP) is 5.71. The van der Waals surface area contributed by atoms with Crippen molar-refractivity contribution in [2.75, 3.05) is 7.11 Å². The van der Waals surface area contributed by atoms with Gasteiger partial charge in [0.2, 0.25) is 0 Å². The van der Waals surface area contributed by atoms with Gasteiger partial charge in [0.25, 0.3) is 0 Å². The van der Waals surface area contributed by atoms with Crippen LogP contribution in [0.4, 0.5) is 4.39 Å². The smallest absolute Gasteiger partial charge is 0.191 e. The summed E-state index contributed by atoms with van der Waals surface area (Å²) in [6.45, 7) is 2.06. The van der Waals surface area contributed by atoms with E-state index in [1.807, 2.05) is 4.31 Å². The highest BCUT2D eigenvalue weighted by Crippen LogP contribution is 2.53. The molecule has 240 valence electrons. The summed E-state index contributed by atoms with van der Waals surface area (Å²) in [5, 5.41) is 10.0. The van der Waals surface area contributed by atoms with Crippen molar-refractivity contribution in [2.24, 2.45) is 12.5 Å². The number of benzene rings is 1. The van der Waals surface area contributed by atoms with E-state index in [0.29, 0.717) is 48.6 Å². The van der Waals surface area contributed by atoms with Crippen LogP contribution in [-0.4, -0.2) is 69.5 Å². The first-order valence-electron chi connectivity index (χ1n) is 15.3. The van der Waals surface area contributed by atoms with Crippen molar-refractivity contribution in [3.8, 4) is 5.69 Å². The highest BCUT2D eigenvalue weighted by molar-refractivity contribution is 7.98. The number of pyridine rings is 1. The van der Waals surface area contributed by atoms with Crippen molar-refractivity contribution in [3.63, 3.8) is 0 Å². The van der Waals surface area contributed by atoms with Gasteiger partial charge in [0.1, 0.15) is 11.5 Å². The molecule has 46 heavy (non-hydrogen) atoms. The molecule has 0 spiro atoms. The van der Waals surface area contributed by atoms with E-state index in [9.17, 15) is 13.4 Å². The van der Waals surface area contributed by atoms with Crippen LogP contribution in [0.1, 0.15) is 60.8 Å². The third-order valence-electron chi connectivity index (χ3n) is 10.00. The number of halogens is 2. The molecule has 3 aromatic heterocycles. The summed E-state index contributed by atoms with van der Waals surface area (Å²) in [5.41, 5.74) is 2.44. The van der Waals surface area contributed by atoms with Gasteiger partial charge in [0.15, 0.2) is 10.8 Å². The molecule has 2 fully saturated rings. The van der Waals surface area contributed by atoms with Gasteiger partial charge in [-0.1, -0.05) is 17.2 Å². The maximum atomic E-state index is 14.8. The lowest BCUT2D eigenvalue weighted by Crippen LogP contribution is -2.61. The van der Waals surface area contributed by atoms with Crippen molar-refractivity contribution in [2.45, 2.75) is 68.2 Å². The Labute approximate surface area is 273 Å². The Balaban J connectivity index is 1.33. The molecule has 1 aromatic carbocycles. The lowest BCUT2D eigenvalue weighted by molar-refractivity contribution is -0.0969. The van der Waals surface area contributed by atoms with Crippen LogP contribution in [0, 0.1) is 11.2 Å². The molecule has 0 radical (unpaired) electrons. The number of Topliss-reactive ketones (excluding diaryl/α,β-unsaturated/α-hetero) is 1. The number of fused-ring (bicyclic) bond motifs is 2. The largest absolute Gasteiger partial charge is 0.378 e. The Kier molecular flexibility index (Phi) is 7.58. The Morgan fingerprint density at radius 3 is 2.61 bits per heavy atom. The van der Waals surface area contributed by atoms with Crippen LogP contribution in [-0.2, 0) is 27.9 Å². The molecule has 0 amide bonds. The summed E-state index contributed by atoms with van der Waals surface area (Å²) in [6, 6.07) is 10.9. The van der Waals surface area contributed by atoms with Gasteiger partial charge in [-0.05, 0) is 105 Å². The monoisotopic (exact) mass is 662 g/mol. The summed E-state index contributed by atoms with van der Waals surface area (Å²) in [4.78, 5) is 19.2. The van der Waals surface area contributed by atoms with Gasteiger partial charge >= 0.3 is 0 Å². The minimum atomic E-state index is -3.02. The summed E-state index contributed by atoms with van der Waals surface area (Å²) < 4.78 is 39.8. The number of hydrogen-bond donors (Lipinski definition) is 0.